The Bertz CT molecular complexity index is 1200. The van der Waals surface area contributed by atoms with Gasteiger partial charge in [0.2, 0.25) is 0 Å². The summed E-state index contributed by atoms with van der Waals surface area (Å²) in [5.74, 6) is -1.35. The first-order valence-corrected chi connectivity index (χ1v) is 11.5. The topological polar surface area (TPSA) is 88.1 Å². The van der Waals surface area contributed by atoms with Crippen molar-refractivity contribution in [3.63, 3.8) is 0 Å². The van der Waals surface area contributed by atoms with E-state index in [1.807, 2.05) is 91.0 Å². The van der Waals surface area contributed by atoms with E-state index in [2.05, 4.69) is 10.4 Å². The van der Waals surface area contributed by atoms with Gasteiger partial charge >= 0.3 is 5.97 Å². The second-order valence-corrected chi connectivity index (χ2v) is 8.35. The average Bonchev–Trinajstić information content (AvgIpc) is 3.34. The van der Waals surface area contributed by atoms with Gasteiger partial charge in [0.1, 0.15) is 5.71 Å². The Morgan fingerprint density at radius 3 is 2.17 bits per heavy atom. The number of para-hydroxylation sites is 1. The van der Waals surface area contributed by atoms with E-state index >= 15 is 0 Å². The number of hydrogen-bond acceptors (Lipinski definition) is 6. The molecule has 35 heavy (non-hydrogen) atoms. The molecule has 178 valence electrons. The Labute approximate surface area is 204 Å². The molecule has 3 aromatic rings. The summed E-state index contributed by atoms with van der Waals surface area (Å²) < 4.78 is 5.27. The number of nitrogens with one attached hydrogen (secondary N) is 1. The van der Waals surface area contributed by atoms with Crippen LogP contribution in [0.1, 0.15) is 30.5 Å². The Hall–Kier alpha value is -4.26. The highest BCUT2D eigenvalue weighted by atomic mass is 16.5. The molecule has 0 aromatic heterocycles. The number of carbonyl (C=O) groups excluding carboxylic acids is 3. The van der Waals surface area contributed by atoms with Crippen LogP contribution >= 0.6 is 0 Å². The van der Waals surface area contributed by atoms with Crippen molar-refractivity contribution in [1.82, 2.24) is 5.32 Å². The highest BCUT2D eigenvalue weighted by Crippen LogP contribution is 2.35. The second kappa shape index (κ2) is 11.2. The summed E-state index contributed by atoms with van der Waals surface area (Å²) in [7, 11) is 0. The van der Waals surface area contributed by atoms with E-state index < -0.39 is 24.5 Å². The lowest BCUT2D eigenvalue weighted by atomic mass is 10.0. The van der Waals surface area contributed by atoms with Crippen molar-refractivity contribution in [2.45, 2.75) is 31.8 Å². The molecule has 0 spiro atoms. The van der Waals surface area contributed by atoms with Crippen LogP contribution in [0.15, 0.2) is 96.1 Å². The molecular formula is C28H27N3O4. The third kappa shape index (κ3) is 6.20. The van der Waals surface area contributed by atoms with Crippen LogP contribution in [0.25, 0.3) is 0 Å². The number of nitrogens with zero attached hydrogens (tertiary/aromatic N) is 2. The van der Waals surface area contributed by atoms with Crippen molar-refractivity contribution < 1.29 is 19.1 Å². The molecule has 1 N–H and O–H groups in total. The maximum atomic E-state index is 12.8. The highest BCUT2D eigenvalue weighted by Gasteiger charge is 2.33. The molecule has 3 aromatic carbocycles. The van der Waals surface area contributed by atoms with Gasteiger partial charge < -0.3 is 10.1 Å². The molecule has 0 fully saturated rings. The predicted molar refractivity (Wildman–Crippen MR) is 134 cm³/mol. The first-order chi connectivity index (χ1) is 17.0. The van der Waals surface area contributed by atoms with Crippen LogP contribution in [-0.4, -0.2) is 36.0 Å². The minimum absolute atomic E-state index is 0.164. The fourth-order valence-electron chi connectivity index (χ4n) is 3.98. The Kier molecular flexibility index (Phi) is 7.67. The fraction of sp³-hybridized carbons (Fsp3) is 0.214. The quantitative estimate of drug-likeness (QED) is 0.481. The van der Waals surface area contributed by atoms with Crippen LogP contribution in [-0.2, 0) is 25.5 Å². The first-order valence-electron chi connectivity index (χ1n) is 11.5. The van der Waals surface area contributed by atoms with Crippen LogP contribution in [0.2, 0.25) is 0 Å². The number of ketones is 1. The number of carbonyl (C=O) groups is 3. The third-order valence-corrected chi connectivity index (χ3v) is 5.79. The summed E-state index contributed by atoms with van der Waals surface area (Å²) >= 11 is 0. The molecule has 1 aliphatic heterocycles. The molecule has 7 nitrogen and oxygen atoms in total. The Balaban J connectivity index is 1.39. The van der Waals surface area contributed by atoms with Crippen LogP contribution in [0.3, 0.4) is 0 Å². The van der Waals surface area contributed by atoms with Gasteiger partial charge in [-0.2, -0.15) is 5.10 Å². The van der Waals surface area contributed by atoms with E-state index in [1.165, 1.54) is 6.92 Å². The Morgan fingerprint density at radius 2 is 1.54 bits per heavy atom. The number of rotatable bonds is 9. The van der Waals surface area contributed by atoms with E-state index in [1.54, 1.807) is 5.01 Å². The van der Waals surface area contributed by atoms with E-state index in [-0.39, 0.29) is 17.5 Å². The summed E-state index contributed by atoms with van der Waals surface area (Å²) in [6.45, 7) is 0.937. The summed E-state index contributed by atoms with van der Waals surface area (Å²) in [6, 6.07) is 28.0. The second-order valence-electron chi connectivity index (χ2n) is 8.35. The van der Waals surface area contributed by atoms with Gasteiger partial charge in [0.15, 0.2) is 12.4 Å². The molecule has 7 heteroatoms. The molecule has 1 aliphatic rings. The van der Waals surface area contributed by atoms with Gasteiger partial charge in [0.05, 0.1) is 17.8 Å². The van der Waals surface area contributed by atoms with Crippen LogP contribution in [0.4, 0.5) is 5.69 Å². The molecular weight excluding hydrogens is 442 g/mol. The van der Waals surface area contributed by atoms with Crippen molar-refractivity contribution in [3.8, 4) is 0 Å². The molecule has 0 aliphatic carbocycles. The average molecular weight is 470 g/mol. The van der Waals surface area contributed by atoms with Crippen LogP contribution in [0.5, 0.6) is 0 Å². The zero-order chi connectivity index (χ0) is 24.6. The van der Waals surface area contributed by atoms with Crippen molar-refractivity contribution in [3.05, 3.63) is 102 Å². The lowest BCUT2D eigenvalue weighted by Gasteiger charge is -2.23. The van der Waals surface area contributed by atoms with Crippen molar-refractivity contribution in [1.29, 1.82) is 0 Å². The summed E-state index contributed by atoms with van der Waals surface area (Å²) in [5.41, 5.74) is 3.04. The predicted octanol–water partition coefficient (Wildman–Crippen LogP) is 3.85. The fourth-order valence-corrected chi connectivity index (χ4v) is 3.98. The van der Waals surface area contributed by atoms with E-state index in [0.717, 1.165) is 16.8 Å². The smallest absolute Gasteiger partial charge is 0.355 e. The number of amides is 1. The lowest BCUT2D eigenvalue weighted by Crippen LogP contribution is -2.43. The summed E-state index contributed by atoms with van der Waals surface area (Å²) in [5, 5.41) is 9.00. The van der Waals surface area contributed by atoms with Crippen molar-refractivity contribution in [2.24, 2.45) is 5.10 Å². The summed E-state index contributed by atoms with van der Waals surface area (Å²) in [6.07, 6.45) is 0.719. The SMILES string of the molecule is CC(=O)[C@@H](Cc1ccccc1)NC(=O)COC(=O)C1=NN(c2ccccc2)[C@H](c2ccccc2)C1. The molecule has 1 heterocycles. The van der Waals surface area contributed by atoms with Crippen molar-refractivity contribution in [2.75, 3.05) is 11.6 Å². The van der Waals surface area contributed by atoms with Gasteiger partial charge in [-0.05, 0) is 36.6 Å². The number of Topliss-reactive ketones (excluding diaryl/α,β-unsaturated/α-hetero) is 1. The molecule has 2 atom stereocenters. The molecule has 4 rings (SSSR count). The van der Waals surface area contributed by atoms with Gasteiger partial charge in [0, 0.05) is 6.42 Å². The third-order valence-electron chi connectivity index (χ3n) is 5.79. The van der Waals surface area contributed by atoms with Crippen molar-refractivity contribution >= 4 is 29.1 Å². The zero-order valence-corrected chi connectivity index (χ0v) is 19.5. The maximum absolute atomic E-state index is 12.8. The first kappa shape index (κ1) is 23.9. The number of esters is 1. The standard InChI is InChI=1S/C28H27N3O4/c1-20(32)24(17-21-11-5-2-6-12-21)29-27(33)19-35-28(34)25-18-26(22-13-7-3-8-14-22)31(30-25)23-15-9-4-10-16-23/h2-16,24,26H,17-19H2,1H3,(H,29,33)/t24-,26+/m1/s1. The van der Waals surface area contributed by atoms with E-state index in [9.17, 15) is 14.4 Å². The minimum Gasteiger partial charge on any atom is -0.451 e. The number of benzene rings is 3. The number of hydrazone groups is 1. The lowest BCUT2D eigenvalue weighted by molar-refractivity contribution is -0.142. The van der Waals surface area contributed by atoms with Gasteiger partial charge in [0.25, 0.3) is 5.91 Å². The van der Waals surface area contributed by atoms with Gasteiger partial charge in [-0.3, -0.25) is 14.6 Å². The molecule has 0 radical (unpaired) electrons. The Morgan fingerprint density at radius 1 is 0.943 bits per heavy atom. The molecule has 0 saturated heterocycles. The van der Waals surface area contributed by atoms with E-state index in [4.69, 9.17) is 4.74 Å². The minimum atomic E-state index is -0.691. The van der Waals surface area contributed by atoms with Gasteiger partial charge in [-0.1, -0.05) is 78.9 Å². The van der Waals surface area contributed by atoms with E-state index in [0.29, 0.717) is 12.8 Å². The zero-order valence-electron chi connectivity index (χ0n) is 19.5. The molecule has 0 unspecified atom stereocenters. The van der Waals surface area contributed by atoms with Crippen LogP contribution in [0, 0.1) is 0 Å². The number of ether oxygens (including phenoxy) is 1. The van der Waals surface area contributed by atoms with Crippen LogP contribution < -0.4 is 10.3 Å². The largest absolute Gasteiger partial charge is 0.451 e. The van der Waals surface area contributed by atoms with Gasteiger partial charge in [-0.15, -0.1) is 0 Å². The number of anilines is 1. The molecule has 1 amide bonds. The van der Waals surface area contributed by atoms with Gasteiger partial charge in [-0.25, -0.2) is 4.79 Å². The monoisotopic (exact) mass is 469 g/mol. The maximum Gasteiger partial charge on any atom is 0.355 e. The number of hydrogen-bond donors (Lipinski definition) is 1. The molecule has 0 saturated carbocycles. The molecule has 0 bridgehead atoms. The summed E-state index contributed by atoms with van der Waals surface area (Å²) in [4.78, 5) is 37.3. The normalized spacial score (nSPS) is 15.7. The highest BCUT2D eigenvalue weighted by molar-refractivity contribution is 6.37.